The molecule has 0 aromatic heterocycles. The predicted octanol–water partition coefficient (Wildman–Crippen LogP) is 2.86. The van der Waals surface area contributed by atoms with Gasteiger partial charge in [0.2, 0.25) is 0 Å². The minimum atomic E-state index is -0.164. The highest BCUT2D eigenvalue weighted by molar-refractivity contribution is 8.76. The van der Waals surface area contributed by atoms with E-state index in [1.54, 1.807) is 10.8 Å². The van der Waals surface area contributed by atoms with Gasteiger partial charge in [0, 0.05) is 4.90 Å². The van der Waals surface area contributed by atoms with Gasteiger partial charge in [-0.15, -0.1) is 0 Å². The first-order chi connectivity index (χ1) is 6.33. The summed E-state index contributed by atoms with van der Waals surface area (Å²) in [5.74, 6) is 0. The zero-order valence-corrected chi connectivity index (χ0v) is 8.73. The molecule has 0 amide bonds. The molecule has 1 aromatic rings. The summed E-state index contributed by atoms with van der Waals surface area (Å²) in [6.45, 7) is 3.23. The van der Waals surface area contributed by atoms with Crippen LogP contribution < -0.4 is 0 Å². The van der Waals surface area contributed by atoms with Crippen LogP contribution in [-0.4, -0.2) is 11.9 Å². The van der Waals surface area contributed by atoms with Gasteiger partial charge in [-0.1, -0.05) is 29.0 Å². The molecule has 0 spiro atoms. The van der Waals surface area contributed by atoms with E-state index in [2.05, 4.69) is 4.74 Å². The van der Waals surface area contributed by atoms with Crippen LogP contribution in [0.3, 0.4) is 0 Å². The predicted molar refractivity (Wildman–Crippen MR) is 56.1 cm³/mol. The fourth-order valence-electron chi connectivity index (χ4n) is 0.687. The highest BCUT2D eigenvalue weighted by Crippen LogP contribution is 2.34. The Morgan fingerprint density at radius 3 is 2.69 bits per heavy atom. The van der Waals surface area contributed by atoms with Crippen LogP contribution in [0.5, 0.6) is 0 Å². The summed E-state index contributed by atoms with van der Waals surface area (Å²) in [6.07, 6.45) is 0. The smallest absolute Gasteiger partial charge is 0.418 e. The third-order valence-electron chi connectivity index (χ3n) is 1.24. The van der Waals surface area contributed by atoms with E-state index in [1.807, 2.05) is 37.3 Å². The van der Waals surface area contributed by atoms with Crippen molar-refractivity contribution in [2.45, 2.75) is 17.3 Å². The van der Waals surface area contributed by atoms with Crippen LogP contribution in [0.25, 0.3) is 0 Å². The Balaban J connectivity index is 2.30. The maximum absolute atomic E-state index is 9.86. The summed E-state index contributed by atoms with van der Waals surface area (Å²) in [5, 5.41) is 0. The summed E-state index contributed by atoms with van der Waals surface area (Å²) in [7, 11) is 3.07. The summed E-state index contributed by atoms with van der Waals surface area (Å²) < 4.78 is 4.60. The fraction of sp³-hybridized carbons (Fsp3) is 0.222. The minimum Gasteiger partial charge on any atom is -0.442 e. The zero-order valence-electron chi connectivity index (χ0n) is 7.10. The topological polar surface area (TPSA) is 26.3 Å². The highest BCUT2D eigenvalue weighted by atomic mass is 33.1. The van der Waals surface area contributed by atoms with E-state index in [1.165, 1.54) is 17.3 Å². The number of ether oxygens (including phenoxy) is 1. The lowest BCUT2D eigenvalue weighted by molar-refractivity contribution is 0.270. The number of hydrogen-bond donors (Lipinski definition) is 0. The van der Waals surface area contributed by atoms with Gasteiger partial charge in [-0.25, -0.2) is 4.79 Å². The molecule has 1 atom stereocenters. The van der Waals surface area contributed by atoms with Crippen molar-refractivity contribution in [1.82, 2.24) is 0 Å². The molecule has 0 aliphatic heterocycles. The van der Waals surface area contributed by atoms with Gasteiger partial charge in [-0.2, -0.15) is 0 Å². The fourth-order valence-corrected chi connectivity index (χ4v) is 2.47. The molecule has 0 aliphatic carbocycles. The second-order valence-electron chi connectivity index (χ2n) is 2.26. The van der Waals surface area contributed by atoms with Gasteiger partial charge in [0.05, 0.1) is 0 Å². The summed E-state index contributed by atoms with van der Waals surface area (Å²) in [5.41, 5.74) is -0.164. The Morgan fingerprint density at radius 2 is 2.08 bits per heavy atom. The monoisotopic (exact) mass is 213 g/mol. The van der Waals surface area contributed by atoms with Crippen molar-refractivity contribution in [1.29, 1.82) is 0 Å². The molecule has 13 heavy (non-hydrogen) atoms. The van der Waals surface area contributed by atoms with Gasteiger partial charge in [0.25, 0.3) is 0 Å². The van der Waals surface area contributed by atoms with E-state index >= 15 is 0 Å². The molecule has 1 rings (SSSR count). The first-order valence-corrected chi connectivity index (χ1v) is 5.95. The summed E-state index contributed by atoms with van der Waals surface area (Å²) >= 11 is 0. The molecule has 69 valence electrons. The molecule has 0 saturated heterocycles. The SMILES string of the molecule is CC(O[C]=O)SSc1ccccc1. The molecule has 0 fully saturated rings. The lowest BCUT2D eigenvalue weighted by Crippen LogP contribution is -1.98. The Kier molecular flexibility index (Phi) is 4.78. The second kappa shape index (κ2) is 5.94. The first kappa shape index (κ1) is 10.5. The molecule has 0 heterocycles. The molecule has 0 N–H and O–H groups in total. The lowest BCUT2D eigenvalue weighted by Gasteiger charge is -2.06. The molecule has 1 radical (unpaired) electrons. The maximum atomic E-state index is 9.86. The van der Waals surface area contributed by atoms with Crippen molar-refractivity contribution in [3.05, 3.63) is 30.3 Å². The maximum Gasteiger partial charge on any atom is 0.418 e. The summed E-state index contributed by atoms with van der Waals surface area (Å²) in [6, 6.07) is 9.93. The van der Waals surface area contributed by atoms with E-state index in [0.717, 1.165) is 4.90 Å². The third kappa shape index (κ3) is 4.24. The van der Waals surface area contributed by atoms with Crippen LogP contribution in [-0.2, 0) is 9.53 Å². The van der Waals surface area contributed by atoms with E-state index in [9.17, 15) is 4.79 Å². The number of hydrogen-bond acceptors (Lipinski definition) is 4. The van der Waals surface area contributed by atoms with Gasteiger partial charge >= 0.3 is 6.47 Å². The number of rotatable bonds is 5. The van der Waals surface area contributed by atoms with Crippen molar-refractivity contribution >= 4 is 28.1 Å². The Labute approximate surface area is 85.4 Å². The van der Waals surface area contributed by atoms with Gasteiger partial charge in [-0.05, 0) is 29.9 Å². The van der Waals surface area contributed by atoms with E-state index in [0.29, 0.717) is 0 Å². The highest BCUT2D eigenvalue weighted by Gasteiger charge is 2.03. The normalized spacial score (nSPS) is 12.1. The van der Waals surface area contributed by atoms with Gasteiger partial charge in [0.1, 0.15) is 0 Å². The van der Waals surface area contributed by atoms with Crippen LogP contribution >= 0.6 is 21.6 Å². The number of carbonyl (C=O) groups excluding carboxylic acids is 1. The van der Waals surface area contributed by atoms with Gasteiger partial charge < -0.3 is 4.74 Å². The van der Waals surface area contributed by atoms with Crippen LogP contribution in [0.1, 0.15) is 6.92 Å². The standard InChI is InChI=1S/C9H9O2S2/c1-8(11-7-10)12-13-9-5-3-2-4-6-9/h2-6,8H,1H3. The molecular formula is C9H9O2S2. The third-order valence-corrected chi connectivity index (χ3v) is 3.84. The van der Waals surface area contributed by atoms with Crippen LogP contribution in [0.4, 0.5) is 0 Å². The van der Waals surface area contributed by atoms with Crippen molar-refractivity contribution < 1.29 is 9.53 Å². The average Bonchev–Trinajstić information content (AvgIpc) is 2.17. The minimum absolute atomic E-state index is 0.164. The molecule has 0 aliphatic rings. The molecule has 0 bridgehead atoms. The molecule has 4 heteroatoms. The van der Waals surface area contributed by atoms with Crippen molar-refractivity contribution in [2.75, 3.05) is 0 Å². The van der Waals surface area contributed by atoms with Crippen molar-refractivity contribution in [3.63, 3.8) is 0 Å². The Bertz CT molecular complexity index is 251. The van der Waals surface area contributed by atoms with Crippen LogP contribution in [0.15, 0.2) is 35.2 Å². The van der Waals surface area contributed by atoms with Crippen molar-refractivity contribution in [2.24, 2.45) is 0 Å². The number of benzene rings is 1. The van der Waals surface area contributed by atoms with E-state index in [-0.39, 0.29) is 5.44 Å². The first-order valence-electron chi connectivity index (χ1n) is 3.74. The molecule has 0 saturated carbocycles. The van der Waals surface area contributed by atoms with E-state index < -0.39 is 0 Å². The average molecular weight is 213 g/mol. The quantitative estimate of drug-likeness (QED) is 0.555. The van der Waals surface area contributed by atoms with Crippen LogP contribution in [0.2, 0.25) is 0 Å². The zero-order chi connectivity index (χ0) is 9.52. The van der Waals surface area contributed by atoms with E-state index in [4.69, 9.17) is 0 Å². The second-order valence-corrected chi connectivity index (χ2v) is 4.83. The van der Waals surface area contributed by atoms with Gasteiger partial charge in [0.15, 0.2) is 5.44 Å². The Morgan fingerprint density at radius 1 is 1.38 bits per heavy atom. The van der Waals surface area contributed by atoms with Crippen LogP contribution in [0, 0.1) is 0 Å². The molecule has 1 aromatic carbocycles. The van der Waals surface area contributed by atoms with Gasteiger partial charge in [-0.3, -0.25) is 0 Å². The largest absolute Gasteiger partial charge is 0.442 e. The van der Waals surface area contributed by atoms with Crippen molar-refractivity contribution in [3.8, 4) is 0 Å². The molecule has 1 unspecified atom stereocenters. The summed E-state index contributed by atoms with van der Waals surface area (Å²) in [4.78, 5) is 11.0. The lowest BCUT2D eigenvalue weighted by atomic mass is 10.4. The molecular weight excluding hydrogens is 204 g/mol. The molecule has 2 nitrogen and oxygen atoms in total. The Hall–Kier alpha value is -0.610.